The number of likely N-dealkylation sites (N-methyl/N-ethyl adjacent to an activating group) is 1. The van der Waals surface area contributed by atoms with Crippen LogP contribution in [-0.4, -0.2) is 39.2 Å². The molecule has 3 amide bonds. The Kier molecular flexibility index (Phi) is 4.70. The summed E-state index contributed by atoms with van der Waals surface area (Å²) in [7, 11) is 1.64. The Labute approximate surface area is 179 Å². The van der Waals surface area contributed by atoms with Gasteiger partial charge in [0.25, 0.3) is 5.91 Å². The first kappa shape index (κ1) is 19.9. The van der Waals surface area contributed by atoms with Gasteiger partial charge in [0.15, 0.2) is 0 Å². The fourth-order valence-corrected chi connectivity index (χ4v) is 4.58. The largest absolute Gasteiger partial charge is 0.402 e. The summed E-state index contributed by atoms with van der Waals surface area (Å²) >= 11 is 12.6. The molecule has 9 heteroatoms. The van der Waals surface area contributed by atoms with Gasteiger partial charge in [0, 0.05) is 22.7 Å². The number of rotatable bonds is 3. The highest BCUT2D eigenvalue weighted by atomic mass is 35.5. The Morgan fingerprint density at radius 2 is 1.79 bits per heavy atom. The second-order valence-corrected chi connectivity index (χ2v) is 8.46. The third-order valence-corrected chi connectivity index (χ3v) is 6.36. The number of fused-ring (bicyclic) bond motifs is 3. The SMILES string of the molecule is Cc1c(C)[n+]2c(n1C(C)C)N=C1C2C(=O)N(Cc2c(Cl)cccc2Cl)C(=O)N1C. The van der Waals surface area contributed by atoms with Gasteiger partial charge in [0.2, 0.25) is 11.9 Å². The molecule has 1 fully saturated rings. The van der Waals surface area contributed by atoms with E-state index in [2.05, 4.69) is 23.4 Å². The Morgan fingerprint density at radius 3 is 2.38 bits per heavy atom. The van der Waals surface area contributed by atoms with E-state index in [0.717, 1.165) is 11.4 Å². The second kappa shape index (κ2) is 6.85. The van der Waals surface area contributed by atoms with Crippen molar-refractivity contribution in [2.24, 2.45) is 4.99 Å². The number of aliphatic imine (C=N–C) groups is 1. The molecule has 2 aromatic rings. The third kappa shape index (κ3) is 2.79. The Bertz CT molecular complexity index is 1070. The normalized spacial score (nSPS) is 18.5. The summed E-state index contributed by atoms with van der Waals surface area (Å²) in [5, 5.41) is 0.830. The lowest BCUT2D eigenvalue weighted by Gasteiger charge is -2.33. The fourth-order valence-electron chi connectivity index (χ4n) is 4.07. The molecule has 0 spiro atoms. The predicted octanol–water partition coefficient (Wildman–Crippen LogP) is 3.96. The number of benzene rings is 1. The minimum absolute atomic E-state index is 0.00308. The monoisotopic (exact) mass is 434 g/mol. The molecular weight excluding hydrogens is 413 g/mol. The maximum atomic E-state index is 13.5. The summed E-state index contributed by atoms with van der Waals surface area (Å²) in [5.41, 5.74) is 2.54. The van der Waals surface area contributed by atoms with Crippen LogP contribution in [0.1, 0.15) is 42.9 Å². The molecule has 1 saturated heterocycles. The number of urea groups is 1. The van der Waals surface area contributed by atoms with Crippen LogP contribution in [0.3, 0.4) is 0 Å². The maximum Gasteiger partial charge on any atom is 0.402 e. The molecule has 1 atom stereocenters. The first-order valence-electron chi connectivity index (χ1n) is 9.38. The topological polar surface area (TPSA) is 61.8 Å². The van der Waals surface area contributed by atoms with Crippen LogP contribution >= 0.6 is 23.2 Å². The van der Waals surface area contributed by atoms with E-state index in [1.165, 1.54) is 9.80 Å². The van der Waals surface area contributed by atoms with Gasteiger partial charge in [-0.05, 0) is 39.8 Å². The van der Waals surface area contributed by atoms with Crippen LogP contribution in [0.5, 0.6) is 0 Å². The van der Waals surface area contributed by atoms with Crippen LogP contribution in [0, 0.1) is 13.8 Å². The zero-order valence-electron chi connectivity index (χ0n) is 16.9. The van der Waals surface area contributed by atoms with Gasteiger partial charge < -0.3 is 0 Å². The molecule has 4 rings (SSSR count). The average Bonchev–Trinajstić information content (AvgIpc) is 3.15. The van der Waals surface area contributed by atoms with Crippen LogP contribution in [0.25, 0.3) is 0 Å². The number of amidine groups is 1. The maximum absolute atomic E-state index is 13.5. The fraction of sp³-hybridized carbons (Fsp3) is 0.400. The van der Waals surface area contributed by atoms with Crippen molar-refractivity contribution in [3.63, 3.8) is 0 Å². The van der Waals surface area contributed by atoms with E-state index in [-0.39, 0.29) is 18.5 Å². The van der Waals surface area contributed by atoms with Crippen molar-refractivity contribution < 1.29 is 14.2 Å². The number of carbonyl (C=O) groups is 2. The molecule has 0 N–H and O–H groups in total. The lowest BCUT2D eigenvalue weighted by molar-refractivity contribution is -0.683. The van der Waals surface area contributed by atoms with Gasteiger partial charge in [-0.3, -0.25) is 14.6 Å². The number of hydrogen-bond acceptors (Lipinski definition) is 3. The number of imide groups is 1. The zero-order valence-corrected chi connectivity index (χ0v) is 18.4. The van der Waals surface area contributed by atoms with E-state index in [9.17, 15) is 9.59 Å². The third-order valence-electron chi connectivity index (χ3n) is 5.65. The minimum atomic E-state index is -0.687. The summed E-state index contributed by atoms with van der Waals surface area (Å²) in [4.78, 5) is 33.8. The van der Waals surface area contributed by atoms with Gasteiger partial charge in [-0.2, -0.15) is 0 Å². The van der Waals surface area contributed by atoms with Crippen LogP contribution in [0.4, 0.5) is 10.7 Å². The van der Waals surface area contributed by atoms with Crippen molar-refractivity contribution in [3.8, 4) is 0 Å². The van der Waals surface area contributed by atoms with Gasteiger partial charge in [-0.25, -0.2) is 13.9 Å². The summed E-state index contributed by atoms with van der Waals surface area (Å²) in [6.45, 7) is 8.12. The molecule has 0 radical (unpaired) electrons. The Morgan fingerprint density at radius 1 is 1.17 bits per heavy atom. The summed E-state index contributed by atoms with van der Waals surface area (Å²) < 4.78 is 4.00. The smallest absolute Gasteiger partial charge is 0.270 e. The van der Waals surface area contributed by atoms with E-state index >= 15 is 0 Å². The van der Waals surface area contributed by atoms with Crippen molar-refractivity contribution in [2.45, 2.75) is 46.3 Å². The van der Waals surface area contributed by atoms with E-state index in [0.29, 0.717) is 27.4 Å². The number of hydrogen-bond donors (Lipinski definition) is 0. The van der Waals surface area contributed by atoms with Crippen LogP contribution < -0.4 is 4.57 Å². The number of nitrogens with zero attached hydrogens (tertiary/aromatic N) is 5. The molecule has 0 aliphatic carbocycles. The quantitative estimate of drug-likeness (QED) is 0.686. The molecule has 3 heterocycles. The second-order valence-electron chi connectivity index (χ2n) is 7.64. The van der Waals surface area contributed by atoms with Crippen molar-refractivity contribution in [1.82, 2.24) is 14.4 Å². The first-order chi connectivity index (χ1) is 13.6. The molecule has 1 aromatic heterocycles. The van der Waals surface area contributed by atoms with Crippen LogP contribution in [0.2, 0.25) is 10.0 Å². The molecular formula is C20H22Cl2N5O2+. The molecule has 29 heavy (non-hydrogen) atoms. The van der Waals surface area contributed by atoms with Gasteiger partial charge >= 0.3 is 12.0 Å². The Balaban J connectivity index is 1.81. The Hall–Kier alpha value is -2.38. The van der Waals surface area contributed by atoms with Crippen molar-refractivity contribution >= 4 is 46.9 Å². The predicted molar refractivity (Wildman–Crippen MR) is 111 cm³/mol. The molecule has 1 unspecified atom stereocenters. The summed E-state index contributed by atoms with van der Waals surface area (Å²) in [6.07, 6.45) is 0. The highest BCUT2D eigenvalue weighted by Crippen LogP contribution is 2.34. The first-order valence-corrected chi connectivity index (χ1v) is 10.1. The van der Waals surface area contributed by atoms with E-state index in [1.807, 2.05) is 18.4 Å². The van der Waals surface area contributed by atoms with E-state index < -0.39 is 12.1 Å². The van der Waals surface area contributed by atoms with Crippen LogP contribution in [0.15, 0.2) is 23.2 Å². The van der Waals surface area contributed by atoms with Gasteiger partial charge in [0.1, 0.15) is 11.4 Å². The standard InChI is InChI=1S/C20H22Cl2N5O2/c1-10(2)26-11(3)12(4)27-16-17(23-19(26)27)24(5)20(29)25(18(16)28)9-13-14(21)7-6-8-15(13)22/h6-8,10,16H,9H2,1-5H3/q+1. The molecule has 152 valence electrons. The zero-order chi connectivity index (χ0) is 21.2. The molecule has 2 aliphatic rings. The van der Waals surface area contributed by atoms with Gasteiger partial charge in [-0.1, -0.05) is 34.3 Å². The van der Waals surface area contributed by atoms with E-state index in [1.54, 1.807) is 25.2 Å². The molecule has 0 bridgehead atoms. The summed E-state index contributed by atoms with van der Waals surface area (Å²) in [6, 6.07) is 4.15. The number of aromatic nitrogens is 2. The van der Waals surface area contributed by atoms with Crippen LogP contribution in [-0.2, 0) is 11.3 Å². The number of carbonyl (C=O) groups excluding carboxylic acids is 2. The highest BCUT2D eigenvalue weighted by Gasteiger charge is 2.54. The molecule has 2 aliphatic heterocycles. The molecule has 0 saturated carbocycles. The van der Waals surface area contributed by atoms with Crippen molar-refractivity contribution in [1.29, 1.82) is 0 Å². The number of amides is 3. The summed E-state index contributed by atoms with van der Waals surface area (Å²) in [5.74, 6) is 0.783. The number of halogens is 2. The van der Waals surface area contributed by atoms with Gasteiger partial charge in [0.05, 0.1) is 12.6 Å². The lowest BCUT2D eigenvalue weighted by atomic mass is 10.1. The van der Waals surface area contributed by atoms with Gasteiger partial charge in [-0.15, -0.1) is 0 Å². The number of imidazole rings is 1. The average molecular weight is 435 g/mol. The molecule has 1 aromatic carbocycles. The molecule has 7 nitrogen and oxygen atoms in total. The highest BCUT2D eigenvalue weighted by molar-refractivity contribution is 6.36. The minimum Gasteiger partial charge on any atom is -0.270 e. The van der Waals surface area contributed by atoms with Crippen molar-refractivity contribution in [2.75, 3.05) is 7.05 Å². The van der Waals surface area contributed by atoms with Crippen molar-refractivity contribution in [3.05, 3.63) is 45.2 Å². The lowest BCUT2D eigenvalue weighted by Crippen LogP contribution is -2.63. The van der Waals surface area contributed by atoms with E-state index in [4.69, 9.17) is 23.2 Å².